The molecule has 2 atom stereocenters. The van der Waals surface area contributed by atoms with Crippen LogP contribution in [0.2, 0.25) is 0 Å². The SMILES string of the molecule is CCCCCCCCCC/C=C\CCCCCCCCCCCCCCCCCCCCCCCCCCCCCC(=O)NC(CO)C(O)/C=C/CCCCCCCCCCCCCCCCCCCCCCCCCCCCC. The molecule has 0 saturated carbocycles. The van der Waals surface area contributed by atoms with Crippen LogP contribution in [-0.4, -0.2) is 34.9 Å². The van der Waals surface area contributed by atoms with Crippen LogP contribution in [-0.2, 0) is 4.79 Å². The molecule has 0 heterocycles. The minimum absolute atomic E-state index is 0.0532. The number of amides is 1. The Morgan fingerprint density at radius 1 is 0.287 bits per heavy atom. The molecule has 1 amide bonds. The summed E-state index contributed by atoms with van der Waals surface area (Å²) < 4.78 is 0. The minimum atomic E-state index is -0.838. The van der Waals surface area contributed by atoms with Crippen molar-refractivity contribution in [2.45, 2.75) is 450 Å². The summed E-state index contributed by atoms with van der Waals surface area (Å²) in [4.78, 5) is 12.6. The van der Waals surface area contributed by atoms with Gasteiger partial charge in [-0.15, -0.1) is 0 Å². The molecule has 0 rings (SSSR count). The molecule has 80 heavy (non-hydrogen) atoms. The van der Waals surface area contributed by atoms with Crippen LogP contribution in [0.15, 0.2) is 24.3 Å². The van der Waals surface area contributed by atoms with Gasteiger partial charge in [-0.3, -0.25) is 4.79 Å². The van der Waals surface area contributed by atoms with E-state index in [0.717, 1.165) is 25.7 Å². The van der Waals surface area contributed by atoms with Gasteiger partial charge < -0.3 is 15.5 Å². The molecule has 0 radical (unpaired) electrons. The van der Waals surface area contributed by atoms with Crippen molar-refractivity contribution in [3.05, 3.63) is 24.3 Å². The van der Waals surface area contributed by atoms with E-state index in [9.17, 15) is 15.0 Å². The van der Waals surface area contributed by atoms with Gasteiger partial charge in [0.1, 0.15) is 0 Å². The molecule has 4 nitrogen and oxygen atoms in total. The largest absolute Gasteiger partial charge is 0.394 e. The fourth-order valence-corrected chi connectivity index (χ4v) is 12.2. The van der Waals surface area contributed by atoms with E-state index >= 15 is 0 Å². The van der Waals surface area contributed by atoms with E-state index in [2.05, 4.69) is 31.3 Å². The zero-order chi connectivity index (χ0) is 57.6. The lowest BCUT2D eigenvalue weighted by Gasteiger charge is -2.20. The third-order valence-electron chi connectivity index (χ3n) is 17.9. The van der Waals surface area contributed by atoms with E-state index in [1.54, 1.807) is 6.08 Å². The van der Waals surface area contributed by atoms with Gasteiger partial charge in [0, 0.05) is 6.42 Å². The number of nitrogens with one attached hydrogen (secondary N) is 1. The second kappa shape index (κ2) is 72.1. The minimum Gasteiger partial charge on any atom is -0.394 e. The number of hydrogen-bond donors (Lipinski definition) is 3. The van der Waals surface area contributed by atoms with Crippen LogP contribution < -0.4 is 5.32 Å². The Balaban J connectivity index is 3.38. The lowest BCUT2D eigenvalue weighted by molar-refractivity contribution is -0.123. The molecule has 0 spiro atoms. The Labute approximate surface area is 504 Å². The van der Waals surface area contributed by atoms with E-state index in [4.69, 9.17) is 0 Å². The van der Waals surface area contributed by atoms with E-state index in [1.165, 1.54) is 392 Å². The number of carbonyl (C=O) groups is 1. The van der Waals surface area contributed by atoms with Gasteiger partial charge in [-0.2, -0.15) is 0 Å². The smallest absolute Gasteiger partial charge is 0.220 e. The number of unbranched alkanes of at least 4 members (excludes halogenated alkanes) is 62. The molecule has 2 unspecified atom stereocenters. The number of hydrogen-bond acceptors (Lipinski definition) is 3. The molecule has 3 N–H and O–H groups in total. The second-order valence-corrected chi connectivity index (χ2v) is 26.1. The van der Waals surface area contributed by atoms with E-state index in [0.29, 0.717) is 6.42 Å². The summed E-state index contributed by atoms with van der Waals surface area (Å²) in [7, 11) is 0. The van der Waals surface area contributed by atoms with Crippen molar-refractivity contribution in [3.8, 4) is 0 Å². The van der Waals surface area contributed by atoms with Gasteiger partial charge in [-0.05, 0) is 44.9 Å². The van der Waals surface area contributed by atoms with Gasteiger partial charge in [0.05, 0.1) is 18.8 Å². The zero-order valence-electron chi connectivity index (χ0n) is 55.1. The molecule has 476 valence electrons. The maximum absolute atomic E-state index is 12.6. The summed E-state index contributed by atoms with van der Waals surface area (Å²) >= 11 is 0. The Morgan fingerprint density at radius 3 is 0.688 bits per heavy atom. The molecule has 4 heteroatoms. The van der Waals surface area contributed by atoms with Crippen LogP contribution in [0.3, 0.4) is 0 Å². The quantitative estimate of drug-likeness (QED) is 0.0420. The maximum Gasteiger partial charge on any atom is 0.220 e. The Bertz CT molecular complexity index is 1180. The molecular formula is C76H149NO3. The third-order valence-corrected chi connectivity index (χ3v) is 17.9. The summed E-state index contributed by atoms with van der Waals surface area (Å²) in [5.41, 5.74) is 0. The first-order chi connectivity index (χ1) is 39.7. The van der Waals surface area contributed by atoms with Crippen molar-refractivity contribution >= 4 is 5.91 Å². The topological polar surface area (TPSA) is 69.6 Å². The number of rotatable bonds is 71. The summed E-state index contributed by atoms with van der Waals surface area (Å²) in [6.45, 7) is 4.36. The first-order valence-corrected chi connectivity index (χ1v) is 37.6. The van der Waals surface area contributed by atoms with E-state index in [1.807, 2.05) is 6.08 Å². The Kier molecular flexibility index (Phi) is 71.1. The number of aliphatic hydroxyl groups is 2. The van der Waals surface area contributed by atoms with Crippen molar-refractivity contribution in [3.63, 3.8) is 0 Å². The highest BCUT2D eigenvalue weighted by atomic mass is 16.3. The van der Waals surface area contributed by atoms with Crippen LogP contribution in [0.5, 0.6) is 0 Å². The normalized spacial score (nSPS) is 12.7. The molecule has 0 aromatic carbocycles. The molecule has 0 aliphatic rings. The Hall–Kier alpha value is -1.13. The Morgan fingerprint density at radius 2 is 0.475 bits per heavy atom. The lowest BCUT2D eigenvalue weighted by atomic mass is 10.0. The van der Waals surface area contributed by atoms with Gasteiger partial charge in [0.2, 0.25) is 5.91 Å². The second-order valence-electron chi connectivity index (χ2n) is 26.1. The number of allylic oxidation sites excluding steroid dienone is 3. The molecule has 0 aliphatic heterocycles. The van der Waals surface area contributed by atoms with Gasteiger partial charge in [0.15, 0.2) is 0 Å². The van der Waals surface area contributed by atoms with Gasteiger partial charge >= 0.3 is 0 Å². The molecule has 0 bridgehead atoms. The predicted molar refractivity (Wildman–Crippen MR) is 359 cm³/mol. The highest BCUT2D eigenvalue weighted by Crippen LogP contribution is 2.20. The lowest BCUT2D eigenvalue weighted by Crippen LogP contribution is -2.45. The standard InChI is InChI=1S/C76H149NO3/c1-3-5-7-9-11-13-15-17-19-21-23-25-27-29-31-33-34-35-36-37-38-39-40-41-42-44-46-48-50-52-54-56-58-60-62-64-66-68-70-72-76(80)77-74(73-78)75(79)71-69-67-65-63-61-59-57-55-53-51-49-47-45-43-32-30-28-26-24-22-20-18-16-14-12-10-8-6-4-2/h21,23,69,71,74-75,78-79H,3-20,22,24-68,70,72-73H2,1-2H3,(H,77,80)/b23-21-,71-69+. The molecule has 0 aromatic rings. The van der Waals surface area contributed by atoms with Crippen LogP contribution in [0.25, 0.3) is 0 Å². The highest BCUT2D eigenvalue weighted by molar-refractivity contribution is 5.76. The van der Waals surface area contributed by atoms with Crippen LogP contribution in [0, 0.1) is 0 Å². The maximum atomic E-state index is 12.6. The molecule has 0 aromatic heterocycles. The van der Waals surface area contributed by atoms with Crippen LogP contribution in [0.4, 0.5) is 0 Å². The third kappa shape index (κ3) is 67.7. The monoisotopic (exact) mass is 1120 g/mol. The fourth-order valence-electron chi connectivity index (χ4n) is 12.2. The van der Waals surface area contributed by atoms with Crippen molar-refractivity contribution in [1.82, 2.24) is 5.32 Å². The van der Waals surface area contributed by atoms with Crippen molar-refractivity contribution in [2.75, 3.05) is 6.61 Å². The van der Waals surface area contributed by atoms with Crippen LogP contribution in [0.1, 0.15) is 438 Å². The predicted octanol–water partition coefficient (Wildman–Crippen LogP) is 25.7. The summed E-state index contributed by atoms with van der Waals surface area (Å²) in [6, 6.07) is -0.621. The average Bonchev–Trinajstić information content (AvgIpc) is 3.46. The van der Waals surface area contributed by atoms with E-state index < -0.39 is 12.1 Å². The first kappa shape index (κ1) is 78.9. The van der Waals surface area contributed by atoms with E-state index in [-0.39, 0.29) is 12.5 Å². The summed E-state index contributed by atoms with van der Waals surface area (Å²) in [6.07, 6.45) is 98.8. The van der Waals surface area contributed by atoms with Gasteiger partial charge in [-0.1, -0.05) is 411 Å². The van der Waals surface area contributed by atoms with Gasteiger partial charge in [0.25, 0.3) is 0 Å². The van der Waals surface area contributed by atoms with Crippen molar-refractivity contribution in [2.24, 2.45) is 0 Å². The highest BCUT2D eigenvalue weighted by Gasteiger charge is 2.18. The zero-order valence-corrected chi connectivity index (χ0v) is 55.1. The molecule has 0 aliphatic carbocycles. The van der Waals surface area contributed by atoms with Crippen molar-refractivity contribution in [1.29, 1.82) is 0 Å². The van der Waals surface area contributed by atoms with Crippen molar-refractivity contribution < 1.29 is 15.0 Å². The number of carbonyl (C=O) groups excluding carboxylic acids is 1. The molecule has 0 fully saturated rings. The number of aliphatic hydroxyl groups excluding tert-OH is 2. The molecular weight excluding hydrogens is 975 g/mol. The molecule has 0 saturated heterocycles. The van der Waals surface area contributed by atoms with Crippen LogP contribution >= 0.6 is 0 Å². The summed E-state index contributed by atoms with van der Waals surface area (Å²) in [5.74, 6) is -0.0532. The average molecular weight is 1130 g/mol. The van der Waals surface area contributed by atoms with Gasteiger partial charge in [-0.25, -0.2) is 0 Å². The summed E-state index contributed by atoms with van der Waals surface area (Å²) in [5, 5.41) is 23.3. The first-order valence-electron chi connectivity index (χ1n) is 37.6. The fraction of sp³-hybridized carbons (Fsp3) is 0.934.